The lowest BCUT2D eigenvalue weighted by atomic mass is 10.2. The van der Waals surface area contributed by atoms with E-state index in [1.165, 1.54) is 17.1 Å². The van der Waals surface area contributed by atoms with E-state index >= 15 is 0 Å². The predicted octanol–water partition coefficient (Wildman–Crippen LogP) is 0.702. The van der Waals surface area contributed by atoms with Crippen LogP contribution in [0, 0.1) is 0 Å². The number of pyridine rings is 1. The summed E-state index contributed by atoms with van der Waals surface area (Å²) in [4.78, 5) is 16.0. The number of anilines is 1. The van der Waals surface area contributed by atoms with Crippen molar-refractivity contribution in [3.05, 3.63) is 41.9 Å². The van der Waals surface area contributed by atoms with E-state index in [4.69, 9.17) is 18.0 Å². The predicted molar refractivity (Wildman–Crippen MR) is 71.3 cm³/mol. The van der Waals surface area contributed by atoms with Gasteiger partial charge in [0.05, 0.1) is 17.3 Å². The van der Waals surface area contributed by atoms with Gasteiger partial charge in [-0.15, -0.1) is 0 Å². The third kappa shape index (κ3) is 2.35. The number of aromatic nitrogens is 3. The molecule has 0 aliphatic heterocycles. The van der Waals surface area contributed by atoms with Crippen LogP contribution >= 0.6 is 12.2 Å². The number of hydrogen-bond donors (Lipinski definition) is 2. The molecule has 0 radical (unpaired) electrons. The van der Waals surface area contributed by atoms with Gasteiger partial charge in [0.15, 0.2) is 0 Å². The lowest BCUT2D eigenvalue weighted by Crippen LogP contribution is -2.18. The van der Waals surface area contributed by atoms with Gasteiger partial charge < -0.3 is 11.1 Å². The molecule has 2 aromatic heterocycles. The van der Waals surface area contributed by atoms with Crippen molar-refractivity contribution in [3.63, 3.8) is 0 Å². The summed E-state index contributed by atoms with van der Waals surface area (Å²) in [6, 6.07) is 3.35. The van der Waals surface area contributed by atoms with Crippen LogP contribution in [0.3, 0.4) is 0 Å². The van der Waals surface area contributed by atoms with E-state index < -0.39 is 0 Å². The second-order valence-electron chi connectivity index (χ2n) is 3.59. The fourth-order valence-corrected chi connectivity index (χ4v) is 1.59. The third-order valence-corrected chi connectivity index (χ3v) is 2.58. The molecule has 0 aromatic carbocycles. The molecule has 3 N–H and O–H groups in total. The maximum Gasteiger partial charge on any atom is 0.258 e. The zero-order valence-electron chi connectivity index (χ0n) is 9.62. The summed E-state index contributed by atoms with van der Waals surface area (Å²) >= 11 is 4.89. The van der Waals surface area contributed by atoms with Crippen molar-refractivity contribution in [1.29, 1.82) is 0 Å². The first-order valence-corrected chi connectivity index (χ1v) is 5.53. The van der Waals surface area contributed by atoms with Gasteiger partial charge in [0.25, 0.3) is 5.91 Å². The third-order valence-electron chi connectivity index (χ3n) is 2.36. The Morgan fingerprint density at radius 2 is 2.28 bits per heavy atom. The van der Waals surface area contributed by atoms with Crippen molar-refractivity contribution in [1.82, 2.24) is 14.8 Å². The van der Waals surface area contributed by atoms with E-state index in [0.29, 0.717) is 16.9 Å². The van der Waals surface area contributed by atoms with Gasteiger partial charge in [0.1, 0.15) is 10.8 Å². The van der Waals surface area contributed by atoms with Crippen LogP contribution in [0.25, 0.3) is 0 Å². The monoisotopic (exact) mass is 261 g/mol. The highest BCUT2D eigenvalue weighted by Gasteiger charge is 2.14. The van der Waals surface area contributed by atoms with Crippen molar-refractivity contribution in [2.45, 2.75) is 0 Å². The molecule has 2 aromatic rings. The molecule has 2 heterocycles. The van der Waals surface area contributed by atoms with Crippen LogP contribution in [0.4, 0.5) is 5.82 Å². The molecule has 92 valence electrons. The fourth-order valence-electron chi connectivity index (χ4n) is 1.44. The molecule has 0 aliphatic rings. The van der Waals surface area contributed by atoms with Gasteiger partial charge in [-0.25, -0.2) is 0 Å². The Labute approximate surface area is 109 Å². The molecule has 7 heteroatoms. The minimum absolute atomic E-state index is 0.185. The van der Waals surface area contributed by atoms with E-state index in [-0.39, 0.29) is 10.9 Å². The van der Waals surface area contributed by atoms with E-state index in [9.17, 15) is 4.79 Å². The van der Waals surface area contributed by atoms with Gasteiger partial charge >= 0.3 is 0 Å². The Balaban J connectivity index is 2.27. The van der Waals surface area contributed by atoms with Crippen molar-refractivity contribution in [2.75, 3.05) is 5.32 Å². The summed E-state index contributed by atoms with van der Waals surface area (Å²) < 4.78 is 1.50. The lowest BCUT2D eigenvalue weighted by Gasteiger charge is -2.07. The van der Waals surface area contributed by atoms with Crippen LogP contribution in [0.15, 0.2) is 30.7 Å². The molecule has 0 saturated heterocycles. The average molecular weight is 261 g/mol. The fraction of sp³-hybridized carbons (Fsp3) is 0.0909. The van der Waals surface area contributed by atoms with E-state index in [1.54, 1.807) is 25.4 Å². The number of nitrogens with zero attached hydrogens (tertiary/aromatic N) is 3. The number of carbonyl (C=O) groups is 1. The van der Waals surface area contributed by atoms with Crippen LogP contribution in [0.1, 0.15) is 15.9 Å². The van der Waals surface area contributed by atoms with Crippen LogP contribution < -0.4 is 11.1 Å². The molecule has 0 bridgehead atoms. The Morgan fingerprint density at radius 3 is 2.89 bits per heavy atom. The number of thiocarbonyl (C=S) groups is 1. The molecule has 0 aliphatic carbocycles. The van der Waals surface area contributed by atoms with Gasteiger partial charge in [0.2, 0.25) is 0 Å². The van der Waals surface area contributed by atoms with Crippen molar-refractivity contribution in [3.8, 4) is 0 Å². The van der Waals surface area contributed by atoms with Gasteiger partial charge in [0, 0.05) is 19.4 Å². The highest BCUT2D eigenvalue weighted by atomic mass is 32.1. The standard InChI is InChI=1S/C11H11N5OS/c1-16-10(8(6-14-16)9(12)18)15-11(17)7-3-2-4-13-5-7/h2-6H,1H3,(H2,12,18)(H,15,17). The van der Waals surface area contributed by atoms with Gasteiger partial charge in [-0.3, -0.25) is 14.5 Å². The molecule has 0 atom stereocenters. The molecule has 6 nitrogen and oxygen atoms in total. The number of rotatable bonds is 3. The minimum Gasteiger partial charge on any atom is -0.389 e. The molecular formula is C11H11N5OS. The van der Waals surface area contributed by atoms with Gasteiger partial charge in [-0.05, 0) is 12.1 Å². The molecule has 18 heavy (non-hydrogen) atoms. The number of amides is 1. The van der Waals surface area contributed by atoms with Crippen molar-refractivity contribution < 1.29 is 4.79 Å². The highest BCUT2D eigenvalue weighted by Crippen LogP contribution is 2.14. The Morgan fingerprint density at radius 1 is 1.50 bits per heavy atom. The molecule has 0 saturated carbocycles. The van der Waals surface area contributed by atoms with E-state index in [0.717, 1.165) is 0 Å². The first kappa shape index (κ1) is 12.2. The second kappa shape index (κ2) is 4.92. The summed E-state index contributed by atoms with van der Waals surface area (Å²) in [5, 5.41) is 6.71. The number of nitrogens with two attached hydrogens (primary N) is 1. The maximum absolute atomic E-state index is 12.0. The topological polar surface area (TPSA) is 85.8 Å². The van der Waals surface area contributed by atoms with Crippen LogP contribution in [-0.4, -0.2) is 25.7 Å². The quantitative estimate of drug-likeness (QED) is 0.794. The summed E-state index contributed by atoms with van der Waals surface area (Å²) in [6.45, 7) is 0. The first-order chi connectivity index (χ1) is 8.59. The Kier molecular flexibility index (Phi) is 3.33. The van der Waals surface area contributed by atoms with Gasteiger partial charge in [-0.1, -0.05) is 12.2 Å². The summed E-state index contributed by atoms with van der Waals surface area (Å²) in [7, 11) is 1.70. The normalized spacial score (nSPS) is 10.1. The largest absolute Gasteiger partial charge is 0.389 e. The zero-order valence-corrected chi connectivity index (χ0v) is 10.4. The zero-order chi connectivity index (χ0) is 13.1. The molecular weight excluding hydrogens is 250 g/mol. The maximum atomic E-state index is 12.0. The van der Waals surface area contributed by atoms with E-state index in [1.807, 2.05) is 0 Å². The van der Waals surface area contributed by atoms with Crippen molar-refractivity contribution in [2.24, 2.45) is 12.8 Å². The number of aryl methyl sites for hydroxylation is 1. The summed E-state index contributed by atoms with van der Waals surface area (Å²) in [6.07, 6.45) is 4.59. The first-order valence-electron chi connectivity index (χ1n) is 5.13. The molecule has 0 fully saturated rings. The number of hydrogen-bond acceptors (Lipinski definition) is 4. The van der Waals surface area contributed by atoms with Crippen LogP contribution in [0.2, 0.25) is 0 Å². The summed E-state index contributed by atoms with van der Waals surface area (Å²) in [5.74, 6) is 0.181. The molecule has 0 unspecified atom stereocenters. The Bertz CT molecular complexity index is 593. The van der Waals surface area contributed by atoms with Crippen molar-refractivity contribution >= 4 is 28.9 Å². The summed E-state index contributed by atoms with van der Waals surface area (Å²) in [5.41, 5.74) is 6.54. The Hall–Kier alpha value is -2.28. The average Bonchev–Trinajstić information content (AvgIpc) is 2.72. The minimum atomic E-state index is -0.288. The molecule has 2 rings (SSSR count). The number of nitrogens with one attached hydrogen (secondary N) is 1. The highest BCUT2D eigenvalue weighted by molar-refractivity contribution is 7.80. The molecule has 1 amide bonds. The second-order valence-corrected chi connectivity index (χ2v) is 4.03. The smallest absolute Gasteiger partial charge is 0.258 e. The molecule has 0 spiro atoms. The van der Waals surface area contributed by atoms with Crippen LogP contribution in [-0.2, 0) is 7.05 Å². The van der Waals surface area contributed by atoms with Crippen LogP contribution in [0.5, 0.6) is 0 Å². The SMILES string of the molecule is Cn1ncc(C(N)=S)c1NC(=O)c1cccnc1. The van der Waals surface area contributed by atoms with Gasteiger partial charge in [-0.2, -0.15) is 5.10 Å². The number of carbonyl (C=O) groups excluding carboxylic acids is 1. The lowest BCUT2D eigenvalue weighted by molar-refractivity contribution is 0.102. The van der Waals surface area contributed by atoms with E-state index in [2.05, 4.69) is 15.4 Å².